The molecule has 0 spiro atoms. The second kappa shape index (κ2) is 24.9. The summed E-state index contributed by atoms with van der Waals surface area (Å²) in [6.07, 6.45) is 5.78. The molecule has 0 aromatic heterocycles. The number of benzene rings is 5. The Morgan fingerprint density at radius 1 is 0.750 bits per heavy atom. The van der Waals surface area contributed by atoms with E-state index >= 15 is 0 Å². The number of carbonyl (C=O) groups is 6. The van der Waals surface area contributed by atoms with Crippen molar-refractivity contribution in [1.29, 1.82) is 0 Å². The van der Waals surface area contributed by atoms with Gasteiger partial charge in [-0.2, -0.15) is 0 Å². The number of amides is 4. The Kier molecular flexibility index (Phi) is 18.0. The van der Waals surface area contributed by atoms with Gasteiger partial charge < -0.3 is 39.5 Å². The summed E-state index contributed by atoms with van der Waals surface area (Å²) in [6, 6.07) is 28.6. The maximum Gasteiger partial charge on any atom is 0.260 e. The summed E-state index contributed by atoms with van der Waals surface area (Å²) in [6.45, 7) is 14.3. The first kappa shape index (κ1) is 57.9. The van der Waals surface area contributed by atoms with Crippen molar-refractivity contribution in [3.8, 4) is 17.2 Å². The number of hydrogen-bond acceptors (Lipinski definition) is 12. The van der Waals surface area contributed by atoms with E-state index in [1.807, 2.05) is 103 Å². The molecule has 4 amide bonds. The highest BCUT2D eigenvalue weighted by Gasteiger charge is 2.40. The number of Topliss-reactive ketones (excluding diaryl/α,β-unsaturated/α-hetero) is 2. The normalized spacial score (nSPS) is 17.3. The maximum absolute atomic E-state index is 14.3. The molecule has 422 valence electrons. The van der Waals surface area contributed by atoms with Crippen molar-refractivity contribution < 1.29 is 43.0 Å². The van der Waals surface area contributed by atoms with Crippen LogP contribution >= 0.6 is 21.6 Å². The highest BCUT2D eigenvalue weighted by Crippen LogP contribution is 2.44. The molecule has 4 aliphatic rings. The van der Waals surface area contributed by atoms with Crippen LogP contribution in [0, 0.1) is 12.8 Å². The molecule has 9 rings (SSSR count). The van der Waals surface area contributed by atoms with Gasteiger partial charge in [-0.3, -0.25) is 28.8 Å². The van der Waals surface area contributed by atoms with Gasteiger partial charge in [-0.05, 0) is 148 Å². The Morgan fingerprint density at radius 2 is 1.39 bits per heavy atom. The van der Waals surface area contributed by atoms with Crippen molar-refractivity contribution in [3.05, 3.63) is 136 Å². The summed E-state index contributed by atoms with van der Waals surface area (Å²) in [7, 11) is 7.01. The number of ketones is 2. The fourth-order valence-electron chi connectivity index (χ4n) is 11.3. The standard InChI is InChI=1S/C64H75N5O9S2/c1-10-50(70)22-19-40(4)79-80-64(6,7)24-23-60(72)65-41(5)56(71)26-39(3)61(73)66-47-28-42(36-77-57-34-55-52(25-38(57)2)63(75)69-49(35-67(55)8)31-46-16-12-14-18-54(46)69)27-43(29-47)37-78-59-32-44-20-21-48-30-45-15-11-13-17-53(45)68(48)62(74)51(44)33-58(59)76-9/h11-18,25,27-29,32-34,39-41,48-49H,10,19-24,26,30-31,35-37H2,1-9H3,(H,65,72)(H,66,73)/t39-,40?,41-,48+,49-/m0/s1. The number of ether oxygens (including phenoxy) is 3. The number of anilines is 4. The summed E-state index contributed by atoms with van der Waals surface area (Å²) < 4.78 is 18.8. The number of fused-ring (bicyclic) bond motifs is 8. The predicted octanol–water partition coefficient (Wildman–Crippen LogP) is 11.8. The molecule has 0 fully saturated rings. The Balaban J connectivity index is 0.888. The summed E-state index contributed by atoms with van der Waals surface area (Å²) in [4.78, 5) is 86.9. The molecular weight excluding hydrogens is 1050 g/mol. The molecule has 0 aliphatic carbocycles. The lowest BCUT2D eigenvalue weighted by atomic mass is 9.99. The van der Waals surface area contributed by atoms with Gasteiger partial charge in [-0.1, -0.05) is 78.8 Å². The topological polar surface area (TPSA) is 164 Å². The maximum atomic E-state index is 14.3. The smallest absolute Gasteiger partial charge is 0.260 e. The van der Waals surface area contributed by atoms with Crippen LogP contribution in [0.25, 0.3) is 0 Å². The third-order valence-corrected chi connectivity index (χ3v) is 19.9. The zero-order valence-electron chi connectivity index (χ0n) is 47.6. The van der Waals surface area contributed by atoms with Gasteiger partial charge in [0.05, 0.1) is 30.4 Å². The Bertz CT molecular complexity index is 3200. The van der Waals surface area contributed by atoms with E-state index in [1.54, 1.807) is 48.6 Å². The molecule has 14 nitrogen and oxygen atoms in total. The molecule has 0 saturated carbocycles. The summed E-state index contributed by atoms with van der Waals surface area (Å²) >= 11 is 0. The molecule has 4 aliphatic heterocycles. The molecule has 80 heavy (non-hydrogen) atoms. The van der Waals surface area contributed by atoms with E-state index < -0.39 is 12.0 Å². The average Bonchev–Trinajstić information content (AvgIpc) is 3.95. The van der Waals surface area contributed by atoms with Crippen LogP contribution in [0.5, 0.6) is 17.2 Å². The van der Waals surface area contributed by atoms with Gasteiger partial charge >= 0.3 is 0 Å². The number of nitrogens with zero attached hydrogens (tertiary/aromatic N) is 3. The minimum absolute atomic E-state index is 0.00210. The average molecular weight is 1120 g/mol. The first-order chi connectivity index (χ1) is 38.3. The number of nitrogens with one attached hydrogen (secondary N) is 2. The quantitative estimate of drug-likeness (QED) is 0.0596. The van der Waals surface area contributed by atoms with E-state index in [-0.39, 0.29) is 78.1 Å². The van der Waals surface area contributed by atoms with E-state index in [0.717, 1.165) is 65.0 Å². The van der Waals surface area contributed by atoms with Crippen LogP contribution < -0.4 is 39.5 Å². The number of hydrogen-bond donors (Lipinski definition) is 2. The molecule has 0 radical (unpaired) electrons. The Hall–Kier alpha value is -6.78. The number of methoxy groups -OCH3 is 1. The number of aryl methyl sites for hydroxylation is 2. The molecule has 5 aromatic rings. The van der Waals surface area contributed by atoms with Gasteiger partial charge in [0.2, 0.25) is 11.8 Å². The number of para-hydroxylation sites is 2. The van der Waals surface area contributed by atoms with Crippen molar-refractivity contribution in [2.75, 3.05) is 40.7 Å². The molecule has 0 saturated heterocycles. The van der Waals surface area contributed by atoms with Gasteiger partial charge in [0.25, 0.3) is 11.8 Å². The van der Waals surface area contributed by atoms with Crippen molar-refractivity contribution in [2.24, 2.45) is 5.92 Å². The van der Waals surface area contributed by atoms with E-state index in [0.29, 0.717) is 71.5 Å². The SMILES string of the molecule is CCC(=O)CCC(C)SSC(C)(C)CCC(=O)N[C@@H](C)C(=O)C[C@H](C)C(=O)Nc1cc(COc2cc3c(cc2C)C(=O)N2c4ccccc4C[C@H]2CN3C)cc(COc2cc3c(cc2OC)C(=O)N2c4ccccc4C[C@H]2CC3)c1. The predicted molar refractivity (Wildman–Crippen MR) is 320 cm³/mol. The van der Waals surface area contributed by atoms with E-state index in [1.165, 1.54) is 11.1 Å². The second-order valence-electron chi connectivity index (χ2n) is 22.7. The van der Waals surface area contributed by atoms with Crippen LogP contribution in [0.1, 0.15) is 141 Å². The van der Waals surface area contributed by atoms with Gasteiger partial charge in [-0.25, -0.2) is 0 Å². The zero-order valence-corrected chi connectivity index (χ0v) is 49.2. The van der Waals surface area contributed by atoms with E-state index in [4.69, 9.17) is 14.2 Å². The second-order valence-corrected chi connectivity index (χ2v) is 26.0. The third-order valence-electron chi connectivity index (χ3n) is 15.9. The lowest BCUT2D eigenvalue weighted by molar-refractivity contribution is -0.129. The summed E-state index contributed by atoms with van der Waals surface area (Å²) in [5, 5.41) is 6.21. The molecule has 2 N–H and O–H groups in total. The Labute approximate surface area is 478 Å². The van der Waals surface area contributed by atoms with Crippen molar-refractivity contribution in [2.45, 2.75) is 154 Å². The fourth-order valence-corrected chi connectivity index (χ4v) is 13.9. The largest absolute Gasteiger partial charge is 0.493 e. The molecular formula is C64H75N5O9S2. The van der Waals surface area contributed by atoms with Gasteiger partial charge in [0.1, 0.15) is 24.7 Å². The van der Waals surface area contributed by atoms with Crippen LogP contribution in [0.2, 0.25) is 0 Å². The molecule has 4 heterocycles. The molecule has 16 heteroatoms. The van der Waals surface area contributed by atoms with E-state index in [2.05, 4.69) is 48.4 Å². The van der Waals surface area contributed by atoms with Crippen LogP contribution in [0.4, 0.5) is 22.7 Å². The van der Waals surface area contributed by atoms with Gasteiger partial charge in [0, 0.05) is 89.9 Å². The van der Waals surface area contributed by atoms with Crippen molar-refractivity contribution in [1.82, 2.24) is 5.32 Å². The lowest BCUT2D eigenvalue weighted by Crippen LogP contribution is -2.41. The first-order valence-corrected chi connectivity index (χ1v) is 30.3. The molecule has 1 unspecified atom stereocenters. The fraction of sp³-hybridized carbons (Fsp3) is 0.438. The van der Waals surface area contributed by atoms with Gasteiger partial charge in [-0.15, -0.1) is 0 Å². The van der Waals surface area contributed by atoms with Crippen LogP contribution in [-0.2, 0) is 51.7 Å². The van der Waals surface area contributed by atoms with Crippen LogP contribution in [0.15, 0.2) is 91.0 Å². The monoisotopic (exact) mass is 1120 g/mol. The third kappa shape index (κ3) is 13.2. The Morgan fingerprint density at radius 3 is 2.06 bits per heavy atom. The van der Waals surface area contributed by atoms with Gasteiger partial charge in [0.15, 0.2) is 17.3 Å². The minimum Gasteiger partial charge on any atom is -0.493 e. The van der Waals surface area contributed by atoms with Crippen molar-refractivity contribution >= 4 is 79.5 Å². The first-order valence-electron chi connectivity index (χ1n) is 28.1. The lowest BCUT2D eigenvalue weighted by Gasteiger charge is -2.25. The number of rotatable bonds is 23. The molecule has 5 atom stereocenters. The number of carbonyl (C=O) groups excluding carboxylic acids is 6. The zero-order chi connectivity index (χ0) is 57.0. The molecule has 0 bridgehead atoms. The number of likely N-dealkylation sites (N-methyl/N-ethyl adjacent to an activating group) is 1. The highest BCUT2D eigenvalue weighted by molar-refractivity contribution is 8.77. The minimum atomic E-state index is -0.789. The van der Waals surface area contributed by atoms with E-state index in [9.17, 15) is 28.8 Å². The molecule has 5 aromatic carbocycles. The van der Waals surface area contributed by atoms with Crippen LogP contribution in [0.3, 0.4) is 0 Å². The summed E-state index contributed by atoms with van der Waals surface area (Å²) in [5.74, 6) is 0.105. The highest BCUT2D eigenvalue weighted by atomic mass is 33.1. The van der Waals surface area contributed by atoms with Crippen LogP contribution in [-0.4, -0.2) is 84.0 Å². The summed E-state index contributed by atoms with van der Waals surface area (Å²) in [5.41, 5.74) is 9.84. The van der Waals surface area contributed by atoms with Crippen molar-refractivity contribution in [3.63, 3.8) is 0 Å².